The van der Waals surface area contributed by atoms with Gasteiger partial charge >= 0.3 is 0 Å². The summed E-state index contributed by atoms with van der Waals surface area (Å²) < 4.78 is 5.33. The number of hydrogen-bond acceptors (Lipinski definition) is 6. The molecule has 2 fully saturated rings. The van der Waals surface area contributed by atoms with Crippen LogP contribution < -0.4 is 10.6 Å². The quantitative estimate of drug-likeness (QED) is 0.699. The molecule has 2 aromatic rings. The standard InChI is InChI=1S/C19H20N4O4/c1-20-19(26)15-7-10(18(25)23-16-11-8-27-9-12(11)16)6-14(22-15)17(24)13-4-2-3-5-21-13/h2-7,11-12,16-17,24H,8-9H2,1H3,(H,20,26)(H,23,25)/t11-,12+,16+,17?. The molecule has 1 saturated heterocycles. The minimum atomic E-state index is -1.14. The maximum Gasteiger partial charge on any atom is 0.269 e. The third-order valence-corrected chi connectivity index (χ3v) is 5.07. The van der Waals surface area contributed by atoms with E-state index in [1.54, 1.807) is 24.4 Å². The summed E-state index contributed by atoms with van der Waals surface area (Å²) in [6.45, 7) is 1.33. The van der Waals surface area contributed by atoms with Crippen LogP contribution in [-0.2, 0) is 4.74 Å². The number of nitrogens with one attached hydrogen (secondary N) is 2. The molecule has 8 nitrogen and oxygen atoms in total. The van der Waals surface area contributed by atoms with Crippen molar-refractivity contribution in [3.05, 3.63) is 59.2 Å². The first kappa shape index (κ1) is 17.6. The molecule has 27 heavy (non-hydrogen) atoms. The second-order valence-electron chi connectivity index (χ2n) is 6.77. The normalized spacial score (nSPS) is 24.0. The highest BCUT2D eigenvalue weighted by molar-refractivity contribution is 5.99. The molecule has 8 heteroatoms. The van der Waals surface area contributed by atoms with Gasteiger partial charge in [-0.25, -0.2) is 4.98 Å². The van der Waals surface area contributed by atoms with Gasteiger partial charge in [-0.15, -0.1) is 0 Å². The van der Waals surface area contributed by atoms with Crippen LogP contribution >= 0.6 is 0 Å². The highest BCUT2D eigenvalue weighted by Gasteiger charge is 2.54. The largest absolute Gasteiger partial charge is 0.381 e. The van der Waals surface area contributed by atoms with E-state index in [1.807, 2.05) is 0 Å². The molecule has 2 aromatic heterocycles. The van der Waals surface area contributed by atoms with E-state index in [0.29, 0.717) is 30.7 Å². The number of ether oxygens (including phenoxy) is 1. The number of amides is 2. The molecule has 3 heterocycles. The topological polar surface area (TPSA) is 113 Å². The molecule has 1 unspecified atom stereocenters. The Morgan fingerprint density at radius 2 is 1.96 bits per heavy atom. The molecule has 1 aliphatic carbocycles. The summed E-state index contributed by atoms with van der Waals surface area (Å²) in [5.74, 6) is 0.00721. The first-order chi connectivity index (χ1) is 13.1. The zero-order valence-corrected chi connectivity index (χ0v) is 14.8. The van der Waals surface area contributed by atoms with Gasteiger partial charge in [0.25, 0.3) is 11.8 Å². The predicted octanol–water partition coefficient (Wildman–Crippen LogP) is 0.292. The Labute approximate surface area is 156 Å². The van der Waals surface area contributed by atoms with E-state index >= 15 is 0 Å². The fourth-order valence-electron chi connectivity index (χ4n) is 3.45. The van der Waals surface area contributed by atoms with Crippen LogP contribution in [0.5, 0.6) is 0 Å². The number of aromatic nitrogens is 2. The summed E-state index contributed by atoms with van der Waals surface area (Å²) >= 11 is 0. The van der Waals surface area contributed by atoms with Crippen molar-refractivity contribution in [1.82, 2.24) is 20.6 Å². The summed E-state index contributed by atoms with van der Waals surface area (Å²) in [4.78, 5) is 33.1. The number of carbonyl (C=O) groups excluding carboxylic acids is 2. The molecule has 3 N–H and O–H groups in total. The van der Waals surface area contributed by atoms with Crippen LogP contribution in [0.25, 0.3) is 0 Å². The highest BCUT2D eigenvalue weighted by atomic mass is 16.5. The lowest BCUT2D eigenvalue weighted by Gasteiger charge is -2.14. The van der Waals surface area contributed by atoms with Crippen molar-refractivity contribution < 1.29 is 19.4 Å². The third-order valence-electron chi connectivity index (χ3n) is 5.07. The number of nitrogens with zero attached hydrogens (tertiary/aromatic N) is 2. The lowest BCUT2D eigenvalue weighted by molar-refractivity contribution is 0.0928. The Bertz CT molecular complexity index is 863. The van der Waals surface area contributed by atoms with Crippen LogP contribution in [0.15, 0.2) is 36.5 Å². The van der Waals surface area contributed by atoms with Gasteiger partial charge in [-0.1, -0.05) is 6.07 Å². The van der Waals surface area contributed by atoms with Crippen LogP contribution in [0.2, 0.25) is 0 Å². The van der Waals surface area contributed by atoms with Crippen molar-refractivity contribution in [2.75, 3.05) is 20.3 Å². The van der Waals surface area contributed by atoms with Crippen LogP contribution in [0.4, 0.5) is 0 Å². The number of aliphatic hydroxyl groups excluding tert-OH is 1. The van der Waals surface area contributed by atoms with Gasteiger partial charge < -0.3 is 20.5 Å². The van der Waals surface area contributed by atoms with Crippen LogP contribution in [0, 0.1) is 11.8 Å². The molecule has 1 saturated carbocycles. The van der Waals surface area contributed by atoms with E-state index in [9.17, 15) is 14.7 Å². The zero-order valence-electron chi connectivity index (χ0n) is 14.8. The van der Waals surface area contributed by atoms with Gasteiger partial charge in [-0.05, 0) is 24.3 Å². The van der Waals surface area contributed by atoms with Gasteiger partial charge in [-0.2, -0.15) is 0 Å². The van der Waals surface area contributed by atoms with Crippen LogP contribution in [0.3, 0.4) is 0 Å². The van der Waals surface area contributed by atoms with E-state index in [2.05, 4.69) is 20.6 Å². The minimum Gasteiger partial charge on any atom is -0.381 e. The van der Waals surface area contributed by atoms with E-state index in [0.717, 1.165) is 0 Å². The van der Waals surface area contributed by atoms with Gasteiger partial charge in [0.1, 0.15) is 11.8 Å². The van der Waals surface area contributed by atoms with Crippen molar-refractivity contribution in [3.63, 3.8) is 0 Å². The van der Waals surface area contributed by atoms with Gasteiger partial charge in [0.05, 0.1) is 24.6 Å². The maximum atomic E-state index is 12.7. The smallest absolute Gasteiger partial charge is 0.269 e. The number of fused-ring (bicyclic) bond motifs is 1. The van der Waals surface area contributed by atoms with E-state index in [4.69, 9.17) is 4.74 Å². The molecule has 1 aliphatic heterocycles. The predicted molar refractivity (Wildman–Crippen MR) is 95.0 cm³/mol. The second kappa shape index (κ2) is 7.05. The van der Waals surface area contributed by atoms with Gasteiger partial charge in [0, 0.05) is 36.7 Å². The first-order valence-electron chi connectivity index (χ1n) is 8.80. The Kier molecular flexibility index (Phi) is 4.59. The average molecular weight is 368 g/mol. The van der Waals surface area contributed by atoms with E-state index in [-0.39, 0.29) is 28.9 Å². The molecule has 2 aliphatic rings. The molecule has 140 valence electrons. The van der Waals surface area contributed by atoms with Crippen molar-refractivity contribution in [2.45, 2.75) is 12.1 Å². The molecule has 0 aromatic carbocycles. The summed E-state index contributed by atoms with van der Waals surface area (Å²) in [5.41, 5.74) is 0.924. The summed E-state index contributed by atoms with van der Waals surface area (Å²) in [7, 11) is 1.48. The Morgan fingerprint density at radius 3 is 2.63 bits per heavy atom. The van der Waals surface area contributed by atoms with E-state index in [1.165, 1.54) is 19.2 Å². The molecular weight excluding hydrogens is 348 g/mol. The summed E-state index contributed by atoms with van der Waals surface area (Å²) in [6, 6.07) is 8.17. The fourth-order valence-corrected chi connectivity index (χ4v) is 3.45. The molecule has 4 atom stereocenters. The van der Waals surface area contributed by atoms with Crippen LogP contribution in [0.1, 0.15) is 38.3 Å². The molecular formula is C19H20N4O4. The van der Waals surface area contributed by atoms with Gasteiger partial charge in [0.2, 0.25) is 0 Å². The summed E-state index contributed by atoms with van der Waals surface area (Å²) in [5, 5.41) is 16.1. The minimum absolute atomic E-state index is 0.0643. The molecule has 0 bridgehead atoms. The van der Waals surface area contributed by atoms with Crippen molar-refractivity contribution in [2.24, 2.45) is 11.8 Å². The molecule has 4 rings (SSSR count). The van der Waals surface area contributed by atoms with Crippen LogP contribution in [-0.4, -0.2) is 53.2 Å². The van der Waals surface area contributed by atoms with Crippen molar-refractivity contribution >= 4 is 11.8 Å². The van der Waals surface area contributed by atoms with Gasteiger partial charge in [-0.3, -0.25) is 14.6 Å². The Balaban J connectivity index is 1.62. The number of hydrogen-bond donors (Lipinski definition) is 3. The molecule has 0 radical (unpaired) electrons. The molecule has 0 spiro atoms. The van der Waals surface area contributed by atoms with Crippen molar-refractivity contribution in [3.8, 4) is 0 Å². The fraction of sp³-hybridized carbons (Fsp3) is 0.368. The third kappa shape index (κ3) is 3.41. The van der Waals surface area contributed by atoms with Crippen molar-refractivity contribution in [1.29, 1.82) is 0 Å². The second-order valence-corrected chi connectivity index (χ2v) is 6.77. The lowest BCUT2D eigenvalue weighted by Crippen LogP contribution is -2.31. The Morgan fingerprint density at radius 1 is 1.19 bits per heavy atom. The maximum absolute atomic E-state index is 12.7. The lowest BCUT2D eigenvalue weighted by atomic mass is 10.1. The number of aliphatic hydroxyl groups is 1. The number of carbonyl (C=O) groups is 2. The summed E-state index contributed by atoms with van der Waals surface area (Å²) in [6.07, 6.45) is 0.416. The highest BCUT2D eigenvalue weighted by Crippen LogP contribution is 2.44. The Hall–Kier alpha value is -2.84. The monoisotopic (exact) mass is 368 g/mol. The SMILES string of the molecule is CNC(=O)c1cc(C(=O)N[C@H]2[C@@H]3COC[C@@H]32)cc(C(O)c2ccccn2)n1. The van der Waals surface area contributed by atoms with E-state index < -0.39 is 12.0 Å². The zero-order chi connectivity index (χ0) is 19.0. The number of rotatable bonds is 5. The average Bonchev–Trinajstić information content (AvgIpc) is 3.13. The molecule has 2 amide bonds. The number of pyridine rings is 2. The first-order valence-corrected chi connectivity index (χ1v) is 8.80. The van der Waals surface area contributed by atoms with Gasteiger partial charge in [0.15, 0.2) is 0 Å².